The van der Waals surface area contributed by atoms with Crippen LogP contribution >= 0.6 is 0 Å². The van der Waals surface area contributed by atoms with Gasteiger partial charge in [0.1, 0.15) is 5.75 Å². The lowest BCUT2D eigenvalue weighted by atomic mass is 9.84. The van der Waals surface area contributed by atoms with E-state index in [1.807, 2.05) is 49.3 Å². The van der Waals surface area contributed by atoms with Crippen LogP contribution < -0.4 is 15.0 Å². The largest absolute Gasteiger partial charge is 0.482 e. The molecular weight excluding hydrogens is 320 g/mol. The summed E-state index contributed by atoms with van der Waals surface area (Å²) in [4.78, 5) is 25.0. The monoisotopic (exact) mass is 340 g/mol. The Morgan fingerprint density at radius 3 is 2.72 bits per heavy atom. The smallest absolute Gasteiger partial charge is 0.341 e. The number of hydrogen-bond acceptors (Lipinski definition) is 4. The number of ether oxygens (including phenoxy) is 1. The van der Waals surface area contributed by atoms with Crippen molar-refractivity contribution in [3.63, 3.8) is 0 Å². The number of nitrogens with one attached hydrogen (secondary N) is 1. The molecular formula is C19H20N2O4. The molecule has 0 spiro atoms. The van der Waals surface area contributed by atoms with Crippen LogP contribution in [0.4, 0.5) is 11.4 Å². The molecule has 2 aromatic rings. The van der Waals surface area contributed by atoms with Crippen LogP contribution in [0.1, 0.15) is 23.5 Å². The van der Waals surface area contributed by atoms with E-state index in [4.69, 9.17) is 9.84 Å². The quantitative estimate of drug-likeness (QED) is 0.875. The molecule has 1 amide bonds. The van der Waals surface area contributed by atoms with E-state index < -0.39 is 12.6 Å². The van der Waals surface area contributed by atoms with Crippen molar-refractivity contribution < 1.29 is 19.4 Å². The number of para-hydroxylation sites is 1. The first kappa shape index (κ1) is 16.8. The molecule has 25 heavy (non-hydrogen) atoms. The fraction of sp³-hybridized carbons (Fsp3) is 0.263. The summed E-state index contributed by atoms with van der Waals surface area (Å²) >= 11 is 0. The first-order chi connectivity index (χ1) is 12.0. The van der Waals surface area contributed by atoms with Gasteiger partial charge in [0, 0.05) is 43.4 Å². The Kier molecular flexibility index (Phi) is 4.61. The highest BCUT2D eigenvalue weighted by Crippen LogP contribution is 2.41. The van der Waals surface area contributed by atoms with Crippen molar-refractivity contribution in [1.82, 2.24) is 0 Å². The molecule has 6 nitrogen and oxygen atoms in total. The summed E-state index contributed by atoms with van der Waals surface area (Å²) in [6.07, 6.45) is 0.293. The highest BCUT2D eigenvalue weighted by molar-refractivity contribution is 5.96. The number of rotatable bonds is 5. The van der Waals surface area contributed by atoms with Crippen molar-refractivity contribution in [3.05, 3.63) is 53.6 Å². The maximum atomic E-state index is 12.2. The van der Waals surface area contributed by atoms with Gasteiger partial charge in [-0.1, -0.05) is 24.3 Å². The molecule has 0 bridgehead atoms. The van der Waals surface area contributed by atoms with Gasteiger partial charge in [-0.2, -0.15) is 0 Å². The average Bonchev–Trinajstić information content (AvgIpc) is 2.58. The number of hydrogen-bond donors (Lipinski definition) is 2. The van der Waals surface area contributed by atoms with Gasteiger partial charge >= 0.3 is 5.97 Å². The molecule has 0 aliphatic carbocycles. The highest BCUT2D eigenvalue weighted by atomic mass is 16.5. The Balaban J connectivity index is 2.02. The number of fused-ring (bicyclic) bond motifs is 1. The van der Waals surface area contributed by atoms with E-state index in [0.717, 1.165) is 22.5 Å². The summed E-state index contributed by atoms with van der Waals surface area (Å²) in [6.45, 7) is -0.414. The zero-order chi connectivity index (χ0) is 18.0. The topological polar surface area (TPSA) is 78.9 Å². The third-order valence-electron chi connectivity index (χ3n) is 4.24. The fourth-order valence-corrected chi connectivity index (χ4v) is 3.05. The van der Waals surface area contributed by atoms with Gasteiger partial charge in [-0.15, -0.1) is 0 Å². The number of aliphatic carboxylic acids is 1. The van der Waals surface area contributed by atoms with Crippen LogP contribution in [-0.4, -0.2) is 37.7 Å². The minimum absolute atomic E-state index is 0.0681. The third-order valence-corrected chi connectivity index (χ3v) is 4.24. The van der Waals surface area contributed by atoms with Crippen LogP contribution in [0, 0.1) is 0 Å². The Hall–Kier alpha value is -3.02. The van der Waals surface area contributed by atoms with Crippen LogP contribution in [0.5, 0.6) is 5.75 Å². The van der Waals surface area contributed by atoms with Gasteiger partial charge in [0.15, 0.2) is 6.61 Å². The Labute approximate surface area is 146 Å². The van der Waals surface area contributed by atoms with E-state index in [1.165, 1.54) is 0 Å². The molecule has 1 aliphatic rings. The normalized spacial score (nSPS) is 15.9. The number of carbonyl (C=O) groups excluding carboxylic acids is 1. The number of carboxylic acids is 1. The maximum absolute atomic E-state index is 12.2. The molecule has 0 fully saturated rings. The predicted octanol–water partition coefficient (Wildman–Crippen LogP) is 2.69. The number of carbonyl (C=O) groups is 2. The number of carboxylic acid groups (broad SMARTS) is 1. The second kappa shape index (κ2) is 6.84. The third kappa shape index (κ3) is 3.57. The summed E-state index contributed by atoms with van der Waals surface area (Å²) in [5, 5.41) is 11.8. The second-order valence-corrected chi connectivity index (χ2v) is 6.19. The maximum Gasteiger partial charge on any atom is 0.341 e. The molecule has 130 valence electrons. The number of anilines is 2. The second-order valence-electron chi connectivity index (χ2n) is 6.19. The van der Waals surface area contributed by atoms with E-state index in [0.29, 0.717) is 12.2 Å². The summed E-state index contributed by atoms with van der Waals surface area (Å²) in [6, 6.07) is 13.2. The van der Waals surface area contributed by atoms with Crippen molar-refractivity contribution in [3.8, 4) is 5.75 Å². The molecule has 3 rings (SSSR count). The lowest BCUT2D eigenvalue weighted by Crippen LogP contribution is -2.24. The standard InChI is InChI=1S/C19H20N2O4/c1-21(2)12-7-8-13-15(10-18(22)20-16(13)9-12)14-5-3-4-6-17(14)25-11-19(23)24/h3-9,15H,10-11H2,1-2H3,(H,20,22)(H,23,24). The van der Waals surface area contributed by atoms with Crippen molar-refractivity contribution in [2.75, 3.05) is 30.9 Å². The Morgan fingerprint density at radius 2 is 2.00 bits per heavy atom. The molecule has 2 aromatic carbocycles. The van der Waals surface area contributed by atoms with Crippen molar-refractivity contribution in [2.45, 2.75) is 12.3 Å². The molecule has 1 atom stereocenters. The molecule has 0 aromatic heterocycles. The number of nitrogens with zero attached hydrogens (tertiary/aromatic N) is 1. The van der Waals surface area contributed by atoms with Gasteiger partial charge in [-0.25, -0.2) is 4.79 Å². The van der Waals surface area contributed by atoms with Gasteiger partial charge in [-0.05, 0) is 23.8 Å². The zero-order valence-electron chi connectivity index (χ0n) is 14.2. The minimum atomic E-state index is -1.03. The minimum Gasteiger partial charge on any atom is -0.482 e. The van der Waals surface area contributed by atoms with Crippen molar-refractivity contribution >= 4 is 23.3 Å². The number of amides is 1. The summed E-state index contributed by atoms with van der Waals surface area (Å²) < 4.78 is 5.42. The van der Waals surface area contributed by atoms with Crippen LogP contribution in [0.15, 0.2) is 42.5 Å². The molecule has 0 saturated heterocycles. The Morgan fingerprint density at radius 1 is 1.24 bits per heavy atom. The molecule has 1 aliphatic heterocycles. The first-order valence-electron chi connectivity index (χ1n) is 8.00. The lowest BCUT2D eigenvalue weighted by Gasteiger charge is -2.28. The molecule has 1 heterocycles. The van der Waals surface area contributed by atoms with Crippen LogP contribution in [0.2, 0.25) is 0 Å². The molecule has 1 unspecified atom stereocenters. The molecule has 0 saturated carbocycles. The van der Waals surface area contributed by atoms with Gasteiger partial charge in [-0.3, -0.25) is 4.79 Å². The van der Waals surface area contributed by atoms with Gasteiger partial charge in [0.2, 0.25) is 5.91 Å². The average molecular weight is 340 g/mol. The Bertz CT molecular complexity index is 817. The predicted molar refractivity (Wildman–Crippen MR) is 95.4 cm³/mol. The van der Waals surface area contributed by atoms with Crippen LogP contribution in [0.3, 0.4) is 0 Å². The molecule has 0 radical (unpaired) electrons. The number of benzene rings is 2. The first-order valence-corrected chi connectivity index (χ1v) is 8.00. The van der Waals surface area contributed by atoms with Gasteiger partial charge in [0.25, 0.3) is 0 Å². The molecule has 2 N–H and O–H groups in total. The zero-order valence-corrected chi connectivity index (χ0v) is 14.2. The van der Waals surface area contributed by atoms with Crippen molar-refractivity contribution in [2.24, 2.45) is 0 Å². The van der Waals surface area contributed by atoms with E-state index >= 15 is 0 Å². The van der Waals surface area contributed by atoms with E-state index in [-0.39, 0.29) is 11.8 Å². The summed E-state index contributed by atoms with van der Waals surface area (Å²) in [5.41, 5.74) is 3.59. The summed E-state index contributed by atoms with van der Waals surface area (Å²) in [5.74, 6) is -0.786. The van der Waals surface area contributed by atoms with E-state index in [1.54, 1.807) is 12.1 Å². The molecule has 6 heteroatoms. The van der Waals surface area contributed by atoms with Gasteiger partial charge in [0.05, 0.1) is 0 Å². The SMILES string of the molecule is CN(C)c1ccc2c(c1)NC(=O)CC2c1ccccc1OCC(=O)O. The van der Waals surface area contributed by atoms with Crippen LogP contribution in [-0.2, 0) is 9.59 Å². The van der Waals surface area contributed by atoms with Crippen LogP contribution in [0.25, 0.3) is 0 Å². The van der Waals surface area contributed by atoms with E-state index in [2.05, 4.69) is 5.32 Å². The highest BCUT2D eigenvalue weighted by Gasteiger charge is 2.29. The summed E-state index contributed by atoms with van der Waals surface area (Å²) in [7, 11) is 3.89. The van der Waals surface area contributed by atoms with Crippen molar-refractivity contribution in [1.29, 1.82) is 0 Å². The van der Waals surface area contributed by atoms with Gasteiger partial charge < -0.3 is 20.1 Å². The van der Waals surface area contributed by atoms with E-state index in [9.17, 15) is 9.59 Å². The lowest BCUT2D eigenvalue weighted by molar-refractivity contribution is -0.139. The fourth-order valence-electron chi connectivity index (χ4n) is 3.05.